The highest BCUT2D eigenvalue weighted by Gasteiger charge is 2.38. The molecule has 4 aromatic rings. The van der Waals surface area contributed by atoms with Gasteiger partial charge in [0.05, 0.1) is 26.4 Å². The molecule has 1 saturated heterocycles. The SMILES string of the molecule is CC(=O)N[C@@H](CSSC[C@H](NC(=O)CCOCCOCCNC(=O)CC[C@@H]1NC(=O)[C@@H](CCCNC(=N)N)NC(=O)[C@H](CCCNC(N)=O)NC(=O)[C@@H](CCCNC(=N)N)NC(=O)[C@H](CCCNC(=N)N)NC(=O)[C@H](Cc2ccc3ccccc3c2)NC(=O)[C@@H](Cc2ccccc2)NC(=O)[C@H](Cc2ccccc2)NC1=O)C(N)=O)C(=O)N[C@@H](CCCCN=[N+]=[N-])C(N)=O. The summed E-state index contributed by atoms with van der Waals surface area (Å²) < 4.78 is 11.2. The van der Waals surface area contributed by atoms with Crippen molar-refractivity contribution in [3.05, 3.63) is 130 Å². The average molecular weight is 1820 g/mol. The maximum absolute atomic E-state index is 15.4. The van der Waals surface area contributed by atoms with Crippen LogP contribution in [0.1, 0.15) is 114 Å². The third-order valence-electron chi connectivity index (χ3n) is 19.5. The molecule has 1 aliphatic heterocycles. The number of unbranched alkanes of at least 4 members (excludes halogenated alkanes) is 1. The molecule has 31 N–H and O–H groups in total. The molecule has 0 aliphatic carbocycles. The molecule has 5 rings (SSSR count). The molecule has 1 fully saturated rings. The van der Waals surface area contributed by atoms with Crippen molar-refractivity contribution >= 4 is 139 Å². The molecule has 698 valence electrons. The van der Waals surface area contributed by atoms with Gasteiger partial charge in [0.15, 0.2) is 17.9 Å². The number of carbonyl (C=O) groups is 15. The number of nitrogens with zero attached hydrogens (tertiary/aromatic N) is 3. The normalized spacial score (nSPS) is 18.5. The number of azide groups is 1. The van der Waals surface area contributed by atoms with Crippen LogP contribution in [-0.2, 0) is 95.9 Å². The molecular formula is C81H120N28O17S2. The minimum atomic E-state index is -1.73. The topological polar surface area (TPSA) is 743 Å². The fourth-order valence-electron chi connectivity index (χ4n) is 12.9. The molecule has 1 aliphatic rings. The van der Waals surface area contributed by atoms with Crippen LogP contribution in [0.15, 0.2) is 108 Å². The van der Waals surface area contributed by atoms with E-state index in [1.54, 1.807) is 66.7 Å². The lowest BCUT2D eigenvalue weighted by Crippen LogP contribution is -2.62. The Morgan fingerprint density at radius 2 is 0.812 bits per heavy atom. The lowest BCUT2D eigenvalue weighted by atomic mass is 9.99. The zero-order valence-electron chi connectivity index (χ0n) is 71.2. The molecule has 0 saturated carbocycles. The summed E-state index contributed by atoms with van der Waals surface area (Å²) in [7, 11) is 2.15. The summed E-state index contributed by atoms with van der Waals surface area (Å²) in [5, 5.41) is 70.9. The summed E-state index contributed by atoms with van der Waals surface area (Å²) in [6, 6.07) is 12.7. The van der Waals surface area contributed by atoms with Crippen LogP contribution in [-0.4, -0.2) is 250 Å². The monoisotopic (exact) mass is 1820 g/mol. The predicted molar refractivity (Wildman–Crippen MR) is 479 cm³/mol. The highest BCUT2D eigenvalue weighted by atomic mass is 33.1. The first kappa shape index (κ1) is 105. The van der Waals surface area contributed by atoms with Gasteiger partial charge in [-0.15, -0.1) is 0 Å². The third kappa shape index (κ3) is 42.6. The first-order chi connectivity index (χ1) is 61.3. The van der Waals surface area contributed by atoms with Gasteiger partial charge in [0, 0.05) is 94.7 Å². The molecule has 4 aromatic carbocycles. The van der Waals surface area contributed by atoms with Crippen LogP contribution in [0.2, 0.25) is 0 Å². The number of nitrogens with two attached hydrogens (primary N) is 6. The standard InChI is InChI=1S/C81H120N28O17S2/c1-48(110)98-64(77(123)100-54(67(82)113)22-10-11-36-97-109-91)47-128-127-46-63(68(83)114)99-66(112)31-38-125-40-41-126-39-37-92-65(111)30-29-59-73(119)106-60(43-49-16-4-2-5-17-49)75(121)107-61(44-50-18-6-3-7-19-50)76(122)108-62(45-51-27-28-52-20-8-9-21-53(52)42-51)74(120)104-58(25-14-34-95-80(88)89)71(117)101-55(23-12-32-93-78(84)85)69(115)103-57(26-15-35-96-81(90)124)70(116)102-56(72(118)105-59)24-13-33-94-79(86)87/h2-9,16-21,27-28,42,54-64H,10-15,22-26,29-41,43-47H2,1H3,(H2,82,113)(H2,83,114)(H,92,111)(H,98,110)(H,99,112)(H,100,123)(H,101,117)(H,102,116)(H,103,115)(H,104,120)(H,105,118)(H,106,119)(H,107,121)(H,108,122)(H4,84,85,93)(H4,86,87,94)(H4,88,89,95)(H3,90,96,124)/t54-,55+,56+,57-,58-,59-,60-,61+,62-,63-,64-/m0/s1. The summed E-state index contributed by atoms with van der Waals surface area (Å²) in [4.78, 5) is 213. The Hall–Kier alpha value is -13.3. The van der Waals surface area contributed by atoms with Crippen LogP contribution in [0, 0.1) is 16.2 Å². The van der Waals surface area contributed by atoms with Crippen LogP contribution in [0.4, 0.5) is 4.79 Å². The second-order valence-corrected chi connectivity index (χ2v) is 32.3. The summed E-state index contributed by atoms with van der Waals surface area (Å²) in [5.41, 5.74) is 43.4. The van der Waals surface area contributed by atoms with Crippen molar-refractivity contribution in [2.24, 2.45) is 39.5 Å². The number of nitrogens with one attached hydrogen (secondary N) is 19. The molecular weight excluding hydrogens is 1700 g/mol. The molecule has 0 unspecified atom stereocenters. The van der Waals surface area contributed by atoms with Gasteiger partial charge in [0.25, 0.3) is 0 Å². The van der Waals surface area contributed by atoms with E-state index in [1.807, 2.05) is 36.4 Å². The van der Waals surface area contributed by atoms with Gasteiger partial charge in [0.1, 0.15) is 66.5 Å². The van der Waals surface area contributed by atoms with Gasteiger partial charge in [-0.1, -0.05) is 136 Å². The molecule has 0 spiro atoms. The molecule has 45 nitrogen and oxygen atoms in total. The van der Waals surface area contributed by atoms with E-state index in [4.69, 9.17) is 65.6 Å². The van der Waals surface area contributed by atoms with Gasteiger partial charge in [-0.2, -0.15) is 0 Å². The Kier molecular flexibility index (Phi) is 48.4. The van der Waals surface area contributed by atoms with Gasteiger partial charge in [-0.05, 0) is 104 Å². The number of hydrogen-bond donors (Lipinski definition) is 25. The number of carbonyl (C=O) groups excluding carboxylic acids is 15. The minimum Gasteiger partial charge on any atom is -0.379 e. The first-order valence-corrected chi connectivity index (χ1v) is 44.2. The minimum absolute atomic E-state index is 0.00228. The van der Waals surface area contributed by atoms with E-state index >= 15 is 38.4 Å². The fraction of sp³-hybridized carbons (Fsp3) is 0.506. The number of fused-ring (bicyclic) bond motifs is 1. The van der Waals surface area contributed by atoms with E-state index in [-0.39, 0.29) is 161 Å². The van der Waals surface area contributed by atoms with Gasteiger partial charge < -0.3 is 129 Å². The van der Waals surface area contributed by atoms with Crippen LogP contribution in [0.25, 0.3) is 21.2 Å². The molecule has 1 heterocycles. The molecule has 11 atom stereocenters. The second kappa shape index (κ2) is 58.8. The van der Waals surface area contributed by atoms with E-state index in [2.05, 4.69) is 95.1 Å². The number of ether oxygens (including phenoxy) is 2. The molecule has 16 amide bonds. The second-order valence-electron chi connectivity index (χ2n) is 29.8. The number of amides is 16. The number of primary amides is 3. The van der Waals surface area contributed by atoms with E-state index in [1.165, 1.54) is 6.92 Å². The average Bonchev–Trinajstić information content (AvgIpc) is 0.826. The maximum Gasteiger partial charge on any atom is 0.312 e. The number of rotatable bonds is 50. The maximum atomic E-state index is 15.4. The zero-order valence-corrected chi connectivity index (χ0v) is 72.9. The Bertz CT molecular complexity index is 4440. The summed E-state index contributed by atoms with van der Waals surface area (Å²) in [6.07, 6.45) is -1.72. The lowest BCUT2D eigenvalue weighted by molar-refractivity contribution is -0.137. The van der Waals surface area contributed by atoms with Crippen molar-refractivity contribution in [3.63, 3.8) is 0 Å². The Labute approximate surface area is 747 Å². The Morgan fingerprint density at radius 1 is 0.414 bits per heavy atom. The van der Waals surface area contributed by atoms with E-state index in [0.717, 1.165) is 32.4 Å². The van der Waals surface area contributed by atoms with Crippen molar-refractivity contribution in [1.82, 2.24) is 85.1 Å². The van der Waals surface area contributed by atoms with E-state index in [9.17, 15) is 33.6 Å². The zero-order chi connectivity index (χ0) is 93.7. The number of hydrogen-bond acceptors (Lipinski definition) is 23. The summed E-state index contributed by atoms with van der Waals surface area (Å²) in [5.74, 6) is -13.3. The Balaban J connectivity index is 1.44. The van der Waals surface area contributed by atoms with Gasteiger partial charge in [-0.25, -0.2) is 4.79 Å². The third-order valence-corrected chi connectivity index (χ3v) is 22.0. The van der Waals surface area contributed by atoms with Crippen molar-refractivity contribution in [2.45, 2.75) is 183 Å². The molecule has 0 radical (unpaired) electrons. The van der Waals surface area contributed by atoms with Gasteiger partial charge in [-0.3, -0.25) is 83.4 Å². The van der Waals surface area contributed by atoms with E-state index < -0.39 is 186 Å². The first-order valence-electron chi connectivity index (χ1n) is 41.7. The van der Waals surface area contributed by atoms with Crippen LogP contribution in [0.3, 0.4) is 0 Å². The molecule has 0 bridgehead atoms. The highest BCUT2D eigenvalue weighted by Crippen LogP contribution is 2.24. The highest BCUT2D eigenvalue weighted by molar-refractivity contribution is 8.76. The van der Waals surface area contributed by atoms with Crippen molar-refractivity contribution in [2.75, 3.05) is 77.2 Å². The van der Waals surface area contributed by atoms with Gasteiger partial charge >= 0.3 is 6.03 Å². The molecule has 128 heavy (non-hydrogen) atoms. The van der Waals surface area contributed by atoms with Crippen LogP contribution >= 0.6 is 21.6 Å². The van der Waals surface area contributed by atoms with Crippen molar-refractivity contribution < 1.29 is 81.4 Å². The van der Waals surface area contributed by atoms with Crippen LogP contribution < -0.4 is 119 Å². The largest absolute Gasteiger partial charge is 0.379 e. The summed E-state index contributed by atoms with van der Waals surface area (Å²) in [6.45, 7) is 0.827. The lowest BCUT2D eigenvalue weighted by Gasteiger charge is -2.29. The molecule has 0 aromatic heterocycles. The van der Waals surface area contributed by atoms with Crippen LogP contribution in [0.5, 0.6) is 0 Å². The quantitative estimate of drug-likeness (QED) is 0.00390. The van der Waals surface area contributed by atoms with E-state index in [0.29, 0.717) is 29.5 Å². The smallest absolute Gasteiger partial charge is 0.312 e. The number of urea groups is 1. The fourth-order valence-corrected chi connectivity index (χ4v) is 15.3. The molecule has 47 heteroatoms. The number of benzene rings is 4. The van der Waals surface area contributed by atoms with Gasteiger partial charge in [0.2, 0.25) is 82.7 Å². The predicted octanol–water partition coefficient (Wildman–Crippen LogP) is -3.38. The van der Waals surface area contributed by atoms with Crippen molar-refractivity contribution in [1.29, 1.82) is 16.2 Å². The number of guanidine groups is 3. The van der Waals surface area contributed by atoms with Crippen molar-refractivity contribution in [3.8, 4) is 0 Å². The Morgan fingerprint density at radius 3 is 1.24 bits per heavy atom. The summed E-state index contributed by atoms with van der Waals surface area (Å²) >= 11 is 0.